The van der Waals surface area contributed by atoms with E-state index in [-0.39, 0.29) is 12.4 Å². The highest BCUT2D eigenvalue weighted by Gasteiger charge is 2.19. The summed E-state index contributed by atoms with van der Waals surface area (Å²) in [4.78, 5) is 15.5. The average molecular weight is 314 g/mol. The number of para-hydroxylation sites is 1. The summed E-state index contributed by atoms with van der Waals surface area (Å²) >= 11 is 0. The third-order valence-electron chi connectivity index (χ3n) is 3.33. The second-order valence-corrected chi connectivity index (χ2v) is 4.88. The van der Waals surface area contributed by atoms with Gasteiger partial charge < -0.3 is 10.5 Å². The number of primary amides is 1. The fraction of sp³-hybridized carbons (Fsp3) is 0.0588. The fourth-order valence-electron chi connectivity index (χ4n) is 2.21. The first-order valence-electron chi connectivity index (χ1n) is 6.81. The van der Waals surface area contributed by atoms with Crippen LogP contribution in [0.3, 0.4) is 0 Å². The van der Waals surface area contributed by atoms with Crippen molar-refractivity contribution in [2.24, 2.45) is 5.73 Å². The lowest BCUT2D eigenvalue weighted by Gasteiger charge is -2.10. The van der Waals surface area contributed by atoms with Gasteiger partial charge in [0.1, 0.15) is 18.0 Å². The van der Waals surface area contributed by atoms with Crippen molar-refractivity contribution >= 4 is 16.8 Å². The molecule has 0 fully saturated rings. The van der Waals surface area contributed by atoms with Crippen molar-refractivity contribution < 1.29 is 18.3 Å². The first-order chi connectivity index (χ1) is 11.1. The molecule has 0 unspecified atom stereocenters. The molecule has 6 heteroatoms. The van der Waals surface area contributed by atoms with Crippen molar-refractivity contribution in [2.75, 3.05) is 0 Å². The number of carbonyl (C=O) groups excluding carboxylic acids is 1. The van der Waals surface area contributed by atoms with Crippen LogP contribution in [0.25, 0.3) is 10.9 Å². The van der Waals surface area contributed by atoms with E-state index in [0.717, 1.165) is 23.0 Å². The van der Waals surface area contributed by atoms with Gasteiger partial charge in [-0.3, -0.25) is 4.79 Å². The van der Waals surface area contributed by atoms with Gasteiger partial charge in [-0.25, -0.2) is 13.8 Å². The Kier molecular flexibility index (Phi) is 3.89. The Bertz CT molecular complexity index is 897. The quantitative estimate of drug-likeness (QED) is 0.804. The Morgan fingerprint density at radius 2 is 1.87 bits per heavy atom. The lowest BCUT2D eigenvalue weighted by Crippen LogP contribution is -2.16. The van der Waals surface area contributed by atoms with Crippen molar-refractivity contribution in [2.45, 2.75) is 6.61 Å². The maximum atomic E-state index is 14.1. The maximum absolute atomic E-state index is 14.1. The van der Waals surface area contributed by atoms with Crippen LogP contribution in [-0.2, 0) is 6.61 Å². The van der Waals surface area contributed by atoms with Crippen molar-refractivity contribution in [3.8, 4) is 5.75 Å². The molecule has 0 saturated carbocycles. The number of pyridine rings is 1. The molecule has 3 rings (SSSR count). The molecule has 4 nitrogen and oxygen atoms in total. The van der Waals surface area contributed by atoms with Gasteiger partial charge in [0.25, 0.3) is 5.91 Å². The number of nitrogens with zero attached hydrogens (tertiary/aromatic N) is 1. The van der Waals surface area contributed by atoms with Crippen LogP contribution < -0.4 is 10.5 Å². The van der Waals surface area contributed by atoms with Crippen LogP contribution >= 0.6 is 0 Å². The lowest BCUT2D eigenvalue weighted by molar-refractivity contribution is 0.0991. The Balaban J connectivity index is 1.85. The Labute approximate surface area is 130 Å². The lowest BCUT2D eigenvalue weighted by atomic mass is 10.1. The van der Waals surface area contributed by atoms with Gasteiger partial charge in [0.2, 0.25) is 0 Å². The summed E-state index contributed by atoms with van der Waals surface area (Å²) in [5, 5.41) is 0.972. The highest BCUT2D eigenvalue weighted by molar-refractivity contribution is 5.93. The number of aromatic nitrogens is 1. The van der Waals surface area contributed by atoms with Gasteiger partial charge in [0, 0.05) is 5.39 Å². The highest BCUT2D eigenvalue weighted by Crippen LogP contribution is 2.24. The highest BCUT2D eigenvalue weighted by atomic mass is 19.1. The predicted octanol–water partition coefficient (Wildman–Crippen LogP) is 3.19. The van der Waals surface area contributed by atoms with Crippen LogP contribution in [-0.4, -0.2) is 10.9 Å². The third kappa shape index (κ3) is 2.96. The van der Waals surface area contributed by atoms with Crippen LogP contribution in [0.15, 0.2) is 48.5 Å². The van der Waals surface area contributed by atoms with E-state index in [2.05, 4.69) is 4.98 Å². The summed E-state index contributed by atoms with van der Waals surface area (Å²) in [6, 6.07) is 13.2. The molecule has 0 aliphatic carbocycles. The smallest absolute Gasteiger partial charge is 0.254 e. The molecule has 1 aromatic heterocycles. The number of nitrogens with two attached hydrogens (primary N) is 1. The first kappa shape index (κ1) is 14.9. The zero-order valence-electron chi connectivity index (χ0n) is 11.9. The third-order valence-corrected chi connectivity index (χ3v) is 3.33. The number of fused-ring (bicyclic) bond motifs is 1. The second kappa shape index (κ2) is 6.00. The zero-order chi connectivity index (χ0) is 16.4. The summed E-state index contributed by atoms with van der Waals surface area (Å²) in [7, 11) is 0. The first-order valence-corrected chi connectivity index (χ1v) is 6.81. The molecular weight excluding hydrogens is 302 g/mol. The predicted molar refractivity (Wildman–Crippen MR) is 81.0 cm³/mol. The van der Waals surface area contributed by atoms with E-state index in [1.807, 2.05) is 30.3 Å². The van der Waals surface area contributed by atoms with E-state index in [0.29, 0.717) is 5.69 Å². The van der Waals surface area contributed by atoms with E-state index >= 15 is 0 Å². The summed E-state index contributed by atoms with van der Waals surface area (Å²) in [5.41, 5.74) is 5.52. The Morgan fingerprint density at radius 1 is 1.09 bits per heavy atom. The van der Waals surface area contributed by atoms with Gasteiger partial charge in [-0.1, -0.05) is 24.3 Å². The van der Waals surface area contributed by atoms with E-state index in [9.17, 15) is 13.6 Å². The van der Waals surface area contributed by atoms with E-state index in [4.69, 9.17) is 10.5 Å². The molecule has 0 aliphatic heterocycles. The van der Waals surface area contributed by atoms with Crippen molar-refractivity contribution in [1.82, 2.24) is 4.98 Å². The van der Waals surface area contributed by atoms with Gasteiger partial charge in [-0.15, -0.1) is 0 Å². The molecule has 3 aromatic rings. The van der Waals surface area contributed by atoms with Gasteiger partial charge in [0.05, 0.1) is 11.2 Å². The number of halogens is 2. The monoisotopic (exact) mass is 314 g/mol. The van der Waals surface area contributed by atoms with E-state index < -0.39 is 23.1 Å². The minimum Gasteiger partial charge on any atom is -0.484 e. The molecule has 116 valence electrons. The minimum absolute atomic E-state index is 0.0222. The standard InChI is InChI=1S/C17H12F2N2O2/c18-12-7-8-14(16(19)15(12)17(20)22)23-9-11-6-5-10-3-1-2-4-13(10)21-11/h1-8H,9H2,(H2,20,22). The number of hydrogen-bond acceptors (Lipinski definition) is 3. The largest absolute Gasteiger partial charge is 0.484 e. The summed E-state index contributed by atoms with van der Waals surface area (Å²) < 4.78 is 32.8. The van der Waals surface area contributed by atoms with Gasteiger partial charge in [-0.2, -0.15) is 0 Å². The minimum atomic E-state index is -1.19. The van der Waals surface area contributed by atoms with Gasteiger partial charge >= 0.3 is 0 Å². The molecule has 0 bridgehead atoms. The average Bonchev–Trinajstić information content (AvgIpc) is 2.53. The molecule has 23 heavy (non-hydrogen) atoms. The van der Waals surface area contributed by atoms with E-state index in [1.165, 1.54) is 0 Å². The molecule has 1 amide bonds. The number of carbonyl (C=O) groups is 1. The molecule has 0 saturated heterocycles. The number of benzene rings is 2. The summed E-state index contributed by atoms with van der Waals surface area (Å²) in [5.74, 6) is -3.58. The van der Waals surface area contributed by atoms with Crippen LogP contribution in [0.4, 0.5) is 8.78 Å². The molecule has 1 heterocycles. The van der Waals surface area contributed by atoms with Gasteiger partial charge in [-0.05, 0) is 24.3 Å². The van der Waals surface area contributed by atoms with Gasteiger partial charge in [0.15, 0.2) is 11.6 Å². The molecule has 2 aromatic carbocycles. The second-order valence-electron chi connectivity index (χ2n) is 4.88. The van der Waals surface area contributed by atoms with Crippen molar-refractivity contribution in [3.05, 3.63) is 71.4 Å². The zero-order valence-corrected chi connectivity index (χ0v) is 11.9. The molecule has 0 aliphatic rings. The number of amides is 1. The summed E-state index contributed by atoms with van der Waals surface area (Å²) in [6.45, 7) is -0.0222. The topological polar surface area (TPSA) is 65.2 Å². The normalized spacial score (nSPS) is 10.7. The Hall–Kier alpha value is -3.02. The van der Waals surface area contributed by atoms with Crippen LogP contribution in [0.2, 0.25) is 0 Å². The molecule has 0 atom stereocenters. The Morgan fingerprint density at radius 3 is 2.65 bits per heavy atom. The van der Waals surface area contributed by atoms with Crippen LogP contribution in [0.1, 0.15) is 16.1 Å². The summed E-state index contributed by atoms with van der Waals surface area (Å²) in [6.07, 6.45) is 0. The van der Waals surface area contributed by atoms with Crippen molar-refractivity contribution in [1.29, 1.82) is 0 Å². The number of ether oxygens (including phenoxy) is 1. The molecule has 0 spiro atoms. The van der Waals surface area contributed by atoms with Crippen molar-refractivity contribution in [3.63, 3.8) is 0 Å². The SMILES string of the molecule is NC(=O)c1c(F)ccc(OCc2ccc3ccccc3n2)c1F. The maximum Gasteiger partial charge on any atom is 0.254 e. The molecule has 0 radical (unpaired) electrons. The molecule has 2 N–H and O–H groups in total. The fourth-order valence-corrected chi connectivity index (χ4v) is 2.21. The van der Waals surface area contributed by atoms with Crippen LogP contribution in [0, 0.1) is 11.6 Å². The van der Waals surface area contributed by atoms with Crippen LogP contribution in [0.5, 0.6) is 5.75 Å². The van der Waals surface area contributed by atoms with E-state index in [1.54, 1.807) is 6.07 Å². The molecular formula is C17H12F2N2O2. The number of hydrogen-bond donors (Lipinski definition) is 1. The number of rotatable bonds is 4.